The SMILES string of the molecule is COC[C@@H](C)NCc1ccc(F)cc1. The minimum absolute atomic E-state index is 0.196. The molecule has 1 atom stereocenters. The molecule has 0 spiro atoms. The molecule has 2 nitrogen and oxygen atoms in total. The van der Waals surface area contributed by atoms with Gasteiger partial charge >= 0.3 is 0 Å². The molecular formula is C11H16FNO. The number of hydrogen-bond acceptors (Lipinski definition) is 2. The van der Waals surface area contributed by atoms with Gasteiger partial charge < -0.3 is 10.1 Å². The van der Waals surface area contributed by atoms with E-state index in [0.29, 0.717) is 12.6 Å². The number of benzene rings is 1. The van der Waals surface area contributed by atoms with Crippen LogP contribution in [0.1, 0.15) is 12.5 Å². The van der Waals surface area contributed by atoms with E-state index in [2.05, 4.69) is 5.32 Å². The van der Waals surface area contributed by atoms with Gasteiger partial charge in [-0.3, -0.25) is 0 Å². The monoisotopic (exact) mass is 197 g/mol. The fourth-order valence-electron chi connectivity index (χ4n) is 1.20. The summed E-state index contributed by atoms with van der Waals surface area (Å²) in [6, 6.07) is 6.81. The Kier molecular flexibility index (Phi) is 4.56. The topological polar surface area (TPSA) is 21.3 Å². The quantitative estimate of drug-likeness (QED) is 0.779. The first-order chi connectivity index (χ1) is 6.72. The molecule has 0 bridgehead atoms. The zero-order valence-corrected chi connectivity index (χ0v) is 8.59. The summed E-state index contributed by atoms with van der Waals surface area (Å²) in [4.78, 5) is 0. The van der Waals surface area contributed by atoms with Crippen molar-refractivity contribution in [2.45, 2.75) is 19.5 Å². The van der Waals surface area contributed by atoms with Gasteiger partial charge in [0.1, 0.15) is 5.82 Å². The maximum absolute atomic E-state index is 12.6. The van der Waals surface area contributed by atoms with Gasteiger partial charge in [-0.05, 0) is 24.6 Å². The maximum atomic E-state index is 12.6. The highest BCUT2D eigenvalue weighted by Gasteiger charge is 2.00. The molecule has 0 saturated heterocycles. The van der Waals surface area contributed by atoms with Gasteiger partial charge in [-0.25, -0.2) is 4.39 Å². The third-order valence-corrected chi connectivity index (χ3v) is 1.98. The predicted octanol–water partition coefficient (Wildman–Crippen LogP) is 1.95. The summed E-state index contributed by atoms with van der Waals surface area (Å²) in [7, 11) is 1.68. The maximum Gasteiger partial charge on any atom is 0.123 e. The first kappa shape index (κ1) is 11.1. The third-order valence-electron chi connectivity index (χ3n) is 1.98. The summed E-state index contributed by atoms with van der Waals surface area (Å²) in [5.41, 5.74) is 1.08. The zero-order chi connectivity index (χ0) is 10.4. The molecule has 0 amide bonds. The lowest BCUT2D eigenvalue weighted by Crippen LogP contribution is -2.29. The molecule has 0 aromatic heterocycles. The molecule has 0 radical (unpaired) electrons. The largest absolute Gasteiger partial charge is 0.383 e. The molecule has 14 heavy (non-hydrogen) atoms. The molecule has 1 aromatic carbocycles. The molecule has 0 unspecified atom stereocenters. The predicted molar refractivity (Wildman–Crippen MR) is 54.6 cm³/mol. The molecule has 0 heterocycles. The molecule has 0 aliphatic heterocycles. The van der Waals surface area contributed by atoms with E-state index in [1.165, 1.54) is 12.1 Å². The van der Waals surface area contributed by atoms with E-state index in [1.54, 1.807) is 19.2 Å². The average molecular weight is 197 g/mol. The van der Waals surface area contributed by atoms with Crippen LogP contribution in [0.4, 0.5) is 4.39 Å². The average Bonchev–Trinajstić information content (AvgIpc) is 2.17. The van der Waals surface area contributed by atoms with Crippen LogP contribution in [0.2, 0.25) is 0 Å². The van der Waals surface area contributed by atoms with Crippen molar-refractivity contribution in [1.82, 2.24) is 5.32 Å². The second-order valence-corrected chi connectivity index (χ2v) is 3.36. The first-order valence-corrected chi connectivity index (χ1v) is 4.69. The number of nitrogens with one attached hydrogen (secondary N) is 1. The Labute approximate surface area is 84.1 Å². The van der Waals surface area contributed by atoms with Gasteiger partial charge in [-0.2, -0.15) is 0 Å². The number of halogens is 1. The lowest BCUT2D eigenvalue weighted by molar-refractivity contribution is 0.171. The van der Waals surface area contributed by atoms with Crippen molar-refractivity contribution in [3.8, 4) is 0 Å². The van der Waals surface area contributed by atoms with Gasteiger partial charge in [0.15, 0.2) is 0 Å². The Morgan fingerprint density at radius 1 is 1.36 bits per heavy atom. The van der Waals surface area contributed by atoms with Crippen LogP contribution < -0.4 is 5.32 Å². The second-order valence-electron chi connectivity index (χ2n) is 3.36. The van der Waals surface area contributed by atoms with E-state index in [9.17, 15) is 4.39 Å². The fraction of sp³-hybridized carbons (Fsp3) is 0.455. The van der Waals surface area contributed by atoms with Crippen molar-refractivity contribution < 1.29 is 9.13 Å². The van der Waals surface area contributed by atoms with Crippen LogP contribution in [0.5, 0.6) is 0 Å². The Balaban J connectivity index is 2.34. The smallest absolute Gasteiger partial charge is 0.123 e. The van der Waals surface area contributed by atoms with Gasteiger partial charge in [0.05, 0.1) is 6.61 Å². The van der Waals surface area contributed by atoms with Crippen LogP contribution in [0.25, 0.3) is 0 Å². The summed E-state index contributed by atoms with van der Waals surface area (Å²) < 4.78 is 17.6. The van der Waals surface area contributed by atoms with Crippen LogP contribution in [0, 0.1) is 5.82 Å². The minimum Gasteiger partial charge on any atom is -0.383 e. The Hall–Kier alpha value is -0.930. The van der Waals surface area contributed by atoms with Crippen LogP contribution >= 0.6 is 0 Å². The Bertz CT molecular complexity index is 260. The highest BCUT2D eigenvalue weighted by Crippen LogP contribution is 2.02. The van der Waals surface area contributed by atoms with Crippen molar-refractivity contribution in [3.63, 3.8) is 0 Å². The molecule has 0 saturated carbocycles. The van der Waals surface area contributed by atoms with E-state index < -0.39 is 0 Å². The van der Waals surface area contributed by atoms with E-state index in [-0.39, 0.29) is 5.82 Å². The molecule has 78 valence electrons. The summed E-state index contributed by atoms with van der Waals surface area (Å²) in [5.74, 6) is -0.196. The standard InChI is InChI=1S/C11H16FNO/c1-9(8-14-2)13-7-10-3-5-11(12)6-4-10/h3-6,9,13H,7-8H2,1-2H3/t9-/m1/s1. The second kappa shape index (κ2) is 5.73. The summed E-state index contributed by atoms with van der Waals surface area (Å²) in [6.07, 6.45) is 0. The van der Waals surface area contributed by atoms with Crippen LogP contribution in [-0.4, -0.2) is 19.8 Å². The Morgan fingerprint density at radius 2 is 2.00 bits per heavy atom. The van der Waals surface area contributed by atoms with E-state index >= 15 is 0 Å². The number of hydrogen-bond donors (Lipinski definition) is 1. The highest BCUT2D eigenvalue weighted by molar-refractivity contribution is 5.15. The lowest BCUT2D eigenvalue weighted by atomic mass is 10.2. The summed E-state index contributed by atoms with van der Waals surface area (Å²) in [6.45, 7) is 3.47. The van der Waals surface area contributed by atoms with Crippen LogP contribution in [0.3, 0.4) is 0 Å². The molecule has 0 aliphatic carbocycles. The van der Waals surface area contributed by atoms with Crippen molar-refractivity contribution >= 4 is 0 Å². The summed E-state index contributed by atoms with van der Waals surface area (Å²) >= 11 is 0. The van der Waals surface area contributed by atoms with Crippen molar-refractivity contribution in [1.29, 1.82) is 0 Å². The highest BCUT2D eigenvalue weighted by atomic mass is 19.1. The number of methoxy groups -OCH3 is 1. The van der Waals surface area contributed by atoms with Crippen LogP contribution in [-0.2, 0) is 11.3 Å². The van der Waals surface area contributed by atoms with Crippen molar-refractivity contribution in [3.05, 3.63) is 35.6 Å². The lowest BCUT2D eigenvalue weighted by Gasteiger charge is -2.12. The fourth-order valence-corrected chi connectivity index (χ4v) is 1.20. The molecule has 1 N–H and O–H groups in total. The van der Waals surface area contributed by atoms with Crippen molar-refractivity contribution in [2.75, 3.05) is 13.7 Å². The Morgan fingerprint density at radius 3 is 2.57 bits per heavy atom. The van der Waals surface area contributed by atoms with Gasteiger partial charge in [0.2, 0.25) is 0 Å². The molecular weight excluding hydrogens is 181 g/mol. The normalized spacial score (nSPS) is 12.8. The van der Waals surface area contributed by atoms with Gasteiger partial charge in [0.25, 0.3) is 0 Å². The van der Waals surface area contributed by atoms with Crippen molar-refractivity contribution in [2.24, 2.45) is 0 Å². The molecule has 3 heteroatoms. The number of rotatable bonds is 5. The third kappa shape index (κ3) is 3.85. The molecule has 1 rings (SSSR count). The van der Waals surface area contributed by atoms with E-state index in [0.717, 1.165) is 12.1 Å². The molecule has 0 aliphatic rings. The zero-order valence-electron chi connectivity index (χ0n) is 8.59. The van der Waals surface area contributed by atoms with Gasteiger partial charge in [-0.15, -0.1) is 0 Å². The van der Waals surface area contributed by atoms with E-state index in [4.69, 9.17) is 4.74 Å². The molecule has 0 fully saturated rings. The van der Waals surface area contributed by atoms with Gasteiger partial charge in [-0.1, -0.05) is 12.1 Å². The van der Waals surface area contributed by atoms with Gasteiger partial charge in [0, 0.05) is 19.7 Å². The minimum atomic E-state index is -0.196. The number of ether oxygens (including phenoxy) is 1. The summed E-state index contributed by atoms with van der Waals surface area (Å²) in [5, 5.41) is 3.27. The molecule has 1 aromatic rings. The first-order valence-electron chi connectivity index (χ1n) is 4.69. The van der Waals surface area contributed by atoms with E-state index in [1.807, 2.05) is 6.92 Å². The van der Waals surface area contributed by atoms with Crippen LogP contribution in [0.15, 0.2) is 24.3 Å².